The van der Waals surface area contributed by atoms with Crippen molar-refractivity contribution in [1.82, 2.24) is 9.97 Å². The number of nitrogens with zero attached hydrogens (tertiary/aromatic N) is 2. The van der Waals surface area contributed by atoms with Gasteiger partial charge in [-0.15, -0.1) is 0 Å². The van der Waals surface area contributed by atoms with E-state index in [1.54, 1.807) is 7.11 Å². The van der Waals surface area contributed by atoms with Gasteiger partial charge in [-0.05, 0) is 31.0 Å². The molecule has 0 radical (unpaired) electrons. The van der Waals surface area contributed by atoms with E-state index in [-0.39, 0.29) is 11.9 Å². The van der Waals surface area contributed by atoms with Gasteiger partial charge in [-0.2, -0.15) is 4.98 Å². The molecule has 1 aromatic heterocycles. The zero-order valence-electron chi connectivity index (χ0n) is 15.7. The highest BCUT2D eigenvalue weighted by atomic mass is 16.5. The SMILES string of the molecule is COc1cc([C@H](C)C#Cc2c(C)nc(N)nc2N)ccc1-c1ccccc1. The zero-order chi connectivity index (χ0) is 19.4. The molecule has 0 spiro atoms. The Bertz CT molecular complexity index is 996. The molecule has 4 N–H and O–H groups in total. The summed E-state index contributed by atoms with van der Waals surface area (Å²) >= 11 is 0. The molecule has 5 heteroatoms. The highest BCUT2D eigenvalue weighted by Crippen LogP contribution is 2.32. The molecule has 1 atom stereocenters. The fourth-order valence-corrected chi connectivity index (χ4v) is 2.87. The lowest BCUT2D eigenvalue weighted by molar-refractivity contribution is 0.416. The van der Waals surface area contributed by atoms with Crippen LogP contribution in [0.4, 0.5) is 11.8 Å². The van der Waals surface area contributed by atoms with Gasteiger partial charge < -0.3 is 16.2 Å². The Kier molecular flexibility index (Phi) is 5.28. The third kappa shape index (κ3) is 4.01. The van der Waals surface area contributed by atoms with Crippen LogP contribution in [0.15, 0.2) is 48.5 Å². The Morgan fingerprint density at radius 2 is 1.78 bits per heavy atom. The lowest BCUT2D eigenvalue weighted by atomic mass is 9.96. The van der Waals surface area contributed by atoms with Crippen LogP contribution < -0.4 is 16.2 Å². The Morgan fingerprint density at radius 1 is 1.04 bits per heavy atom. The number of anilines is 2. The number of aromatic nitrogens is 2. The molecule has 2 aromatic carbocycles. The van der Waals surface area contributed by atoms with E-state index < -0.39 is 0 Å². The molecule has 3 aromatic rings. The van der Waals surface area contributed by atoms with Crippen molar-refractivity contribution >= 4 is 11.8 Å². The normalized spacial score (nSPS) is 11.4. The molecule has 0 amide bonds. The summed E-state index contributed by atoms with van der Waals surface area (Å²) in [5.41, 5.74) is 16.0. The molecular formula is C22H22N4O. The van der Waals surface area contributed by atoms with Gasteiger partial charge in [0.25, 0.3) is 0 Å². The van der Waals surface area contributed by atoms with E-state index in [1.807, 2.05) is 38.1 Å². The molecule has 0 saturated heterocycles. The summed E-state index contributed by atoms with van der Waals surface area (Å²) in [5, 5.41) is 0. The maximum atomic E-state index is 5.92. The van der Waals surface area contributed by atoms with Gasteiger partial charge >= 0.3 is 0 Å². The minimum absolute atomic E-state index is 0.0138. The number of hydrogen-bond donors (Lipinski definition) is 2. The molecule has 0 saturated carbocycles. The number of rotatable bonds is 3. The van der Waals surface area contributed by atoms with E-state index >= 15 is 0 Å². The number of aryl methyl sites for hydroxylation is 1. The maximum absolute atomic E-state index is 5.92. The smallest absolute Gasteiger partial charge is 0.222 e. The van der Waals surface area contributed by atoms with Crippen LogP contribution in [0.5, 0.6) is 5.75 Å². The maximum Gasteiger partial charge on any atom is 0.222 e. The van der Waals surface area contributed by atoms with Crippen LogP contribution in [0.3, 0.4) is 0 Å². The molecule has 0 unspecified atom stereocenters. The van der Waals surface area contributed by atoms with Gasteiger partial charge in [0.15, 0.2) is 0 Å². The van der Waals surface area contributed by atoms with Gasteiger partial charge in [-0.1, -0.05) is 54.3 Å². The van der Waals surface area contributed by atoms with Crippen LogP contribution >= 0.6 is 0 Å². The summed E-state index contributed by atoms with van der Waals surface area (Å²) in [6.45, 7) is 3.86. The van der Waals surface area contributed by atoms with E-state index in [1.165, 1.54) is 0 Å². The molecule has 0 aliphatic rings. The lowest BCUT2D eigenvalue weighted by Gasteiger charge is -2.12. The number of nitrogens with two attached hydrogens (primary N) is 2. The van der Waals surface area contributed by atoms with Crippen LogP contribution in [-0.2, 0) is 0 Å². The van der Waals surface area contributed by atoms with Crippen molar-refractivity contribution in [2.75, 3.05) is 18.6 Å². The molecule has 0 aliphatic heterocycles. The van der Waals surface area contributed by atoms with E-state index in [2.05, 4.69) is 46.1 Å². The van der Waals surface area contributed by atoms with Crippen molar-refractivity contribution in [3.8, 4) is 28.7 Å². The van der Waals surface area contributed by atoms with E-state index in [0.29, 0.717) is 17.1 Å². The molecule has 1 heterocycles. The summed E-state index contributed by atoms with van der Waals surface area (Å²) in [6.07, 6.45) is 0. The lowest BCUT2D eigenvalue weighted by Crippen LogP contribution is -2.05. The van der Waals surface area contributed by atoms with Gasteiger partial charge in [0.1, 0.15) is 11.6 Å². The summed E-state index contributed by atoms with van der Waals surface area (Å²) in [4.78, 5) is 8.10. The second-order valence-corrected chi connectivity index (χ2v) is 6.24. The number of hydrogen-bond acceptors (Lipinski definition) is 5. The van der Waals surface area contributed by atoms with Crippen LogP contribution in [0.25, 0.3) is 11.1 Å². The Labute approximate surface area is 159 Å². The fraction of sp³-hybridized carbons (Fsp3) is 0.182. The van der Waals surface area contributed by atoms with Crippen molar-refractivity contribution in [1.29, 1.82) is 0 Å². The van der Waals surface area contributed by atoms with Crippen LogP contribution in [0.2, 0.25) is 0 Å². The van der Waals surface area contributed by atoms with Crippen molar-refractivity contribution in [3.63, 3.8) is 0 Å². The van der Waals surface area contributed by atoms with E-state index in [0.717, 1.165) is 22.4 Å². The first kappa shape index (κ1) is 18.3. The highest BCUT2D eigenvalue weighted by Gasteiger charge is 2.10. The molecule has 0 bridgehead atoms. The molecule has 0 fully saturated rings. The minimum Gasteiger partial charge on any atom is -0.496 e. The fourth-order valence-electron chi connectivity index (χ4n) is 2.87. The quantitative estimate of drug-likeness (QED) is 0.696. The summed E-state index contributed by atoms with van der Waals surface area (Å²) in [6, 6.07) is 16.3. The van der Waals surface area contributed by atoms with E-state index in [4.69, 9.17) is 16.2 Å². The molecular weight excluding hydrogens is 336 g/mol. The minimum atomic E-state index is -0.0138. The predicted molar refractivity (Wildman–Crippen MR) is 109 cm³/mol. The third-order valence-corrected chi connectivity index (χ3v) is 4.36. The monoisotopic (exact) mass is 358 g/mol. The largest absolute Gasteiger partial charge is 0.496 e. The molecule has 0 aliphatic carbocycles. The van der Waals surface area contributed by atoms with Gasteiger partial charge in [-0.25, -0.2) is 4.98 Å². The standard InChI is InChI=1S/C22H22N4O/c1-14(9-11-18-15(2)25-22(24)26-21(18)23)17-10-12-19(20(13-17)27-3)16-7-5-4-6-8-16/h4-8,10,12-14H,1-3H3,(H4,23,24,25,26)/t14-/m1/s1. The molecule has 3 rings (SSSR count). The highest BCUT2D eigenvalue weighted by molar-refractivity contribution is 5.71. The molecule has 136 valence electrons. The number of methoxy groups -OCH3 is 1. The molecule has 27 heavy (non-hydrogen) atoms. The number of benzene rings is 2. The van der Waals surface area contributed by atoms with Crippen LogP contribution in [0, 0.1) is 18.8 Å². The second-order valence-electron chi connectivity index (χ2n) is 6.24. The first-order valence-electron chi connectivity index (χ1n) is 8.64. The Hall–Kier alpha value is -3.52. The summed E-state index contributed by atoms with van der Waals surface area (Å²) in [7, 11) is 1.68. The van der Waals surface area contributed by atoms with Gasteiger partial charge in [0.05, 0.1) is 18.4 Å². The topological polar surface area (TPSA) is 87.0 Å². The van der Waals surface area contributed by atoms with Gasteiger partial charge in [0.2, 0.25) is 5.95 Å². The average molecular weight is 358 g/mol. The zero-order valence-corrected chi connectivity index (χ0v) is 15.7. The van der Waals surface area contributed by atoms with Crippen molar-refractivity contribution in [2.45, 2.75) is 19.8 Å². The van der Waals surface area contributed by atoms with Crippen LogP contribution in [0.1, 0.15) is 29.7 Å². The third-order valence-electron chi connectivity index (χ3n) is 4.36. The number of ether oxygens (including phenoxy) is 1. The van der Waals surface area contributed by atoms with Gasteiger partial charge in [0, 0.05) is 11.5 Å². The van der Waals surface area contributed by atoms with Crippen molar-refractivity contribution in [2.24, 2.45) is 0 Å². The van der Waals surface area contributed by atoms with Crippen molar-refractivity contribution < 1.29 is 4.74 Å². The average Bonchev–Trinajstić information content (AvgIpc) is 2.67. The second kappa shape index (κ2) is 7.79. The molecule has 5 nitrogen and oxygen atoms in total. The summed E-state index contributed by atoms with van der Waals surface area (Å²) in [5.74, 6) is 7.58. The predicted octanol–water partition coefficient (Wildman–Crippen LogP) is 3.78. The van der Waals surface area contributed by atoms with Gasteiger partial charge in [-0.3, -0.25) is 0 Å². The summed E-state index contributed by atoms with van der Waals surface area (Å²) < 4.78 is 5.60. The number of nitrogen functional groups attached to an aromatic ring is 2. The van der Waals surface area contributed by atoms with E-state index in [9.17, 15) is 0 Å². The first-order chi connectivity index (χ1) is 13.0. The van der Waals surface area contributed by atoms with Crippen LogP contribution in [-0.4, -0.2) is 17.1 Å². The van der Waals surface area contributed by atoms with Crippen molar-refractivity contribution in [3.05, 3.63) is 65.4 Å². The Morgan fingerprint density at radius 3 is 2.44 bits per heavy atom. The first-order valence-corrected chi connectivity index (χ1v) is 8.64. The Balaban J connectivity index is 1.92.